The molecule has 0 aliphatic carbocycles. The molecule has 1 atom stereocenters. The number of aromatic nitrogens is 1. The fraction of sp³-hybridized carbons (Fsp3) is 0.357. The Balaban J connectivity index is 2.06. The van der Waals surface area contributed by atoms with Gasteiger partial charge in [-0.3, -0.25) is 0 Å². The Morgan fingerprint density at radius 1 is 1.24 bits per heavy atom. The first-order valence-electron chi connectivity index (χ1n) is 6.13. The van der Waals surface area contributed by atoms with E-state index >= 15 is 0 Å². The molecule has 88 valence electrons. The van der Waals surface area contributed by atoms with Crippen LogP contribution in [0.1, 0.15) is 30.9 Å². The van der Waals surface area contributed by atoms with Gasteiger partial charge in [0.25, 0.3) is 0 Å². The third kappa shape index (κ3) is 2.15. The average Bonchev–Trinajstić information content (AvgIpc) is 2.39. The molecule has 2 aromatic rings. The van der Waals surface area contributed by atoms with Crippen LogP contribution in [0, 0.1) is 0 Å². The fourth-order valence-corrected chi connectivity index (χ4v) is 2.75. The van der Waals surface area contributed by atoms with E-state index in [-0.39, 0.29) is 0 Å². The van der Waals surface area contributed by atoms with Gasteiger partial charge in [0.2, 0.25) is 0 Å². The van der Waals surface area contributed by atoms with E-state index in [1.807, 2.05) is 18.2 Å². The van der Waals surface area contributed by atoms with Gasteiger partial charge in [0.05, 0.1) is 5.52 Å². The number of para-hydroxylation sites is 1. The quantitative estimate of drug-likeness (QED) is 0.776. The Kier molecular flexibility index (Phi) is 3.00. The van der Waals surface area contributed by atoms with E-state index < -0.39 is 0 Å². The highest BCUT2D eigenvalue weighted by Gasteiger charge is 2.18. The number of halogens is 1. The first-order valence-corrected chi connectivity index (χ1v) is 6.51. The molecule has 3 heteroatoms. The minimum Gasteiger partial charge on any atom is -0.310 e. The number of pyridine rings is 1. The van der Waals surface area contributed by atoms with Crippen molar-refractivity contribution in [1.29, 1.82) is 0 Å². The summed E-state index contributed by atoms with van der Waals surface area (Å²) >= 11 is 6.29. The topological polar surface area (TPSA) is 24.9 Å². The van der Waals surface area contributed by atoms with Crippen LogP contribution < -0.4 is 5.32 Å². The van der Waals surface area contributed by atoms with Crippen molar-refractivity contribution in [2.75, 3.05) is 6.54 Å². The second-order valence-electron chi connectivity index (χ2n) is 4.56. The predicted octanol–water partition coefficient (Wildman–Crippen LogP) is 3.70. The SMILES string of the molecule is Clc1nc2ccccc2cc1[C@H]1CCCCN1. The molecule has 2 nitrogen and oxygen atoms in total. The number of fused-ring (bicyclic) bond motifs is 1. The molecule has 0 saturated carbocycles. The van der Waals surface area contributed by atoms with Crippen LogP contribution in [0.25, 0.3) is 10.9 Å². The lowest BCUT2D eigenvalue weighted by molar-refractivity contribution is 0.412. The van der Waals surface area contributed by atoms with Crippen molar-refractivity contribution in [3.05, 3.63) is 41.0 Å². The van der Waals surface area contributed by atoms with Crippen molar-refractivity contribution >= 4 is 22.5 Å². The normalized spacial score (nSPS) is 20.6. The lowest BCUT2D eigenvalue weighted by Gasteiger charge is -2.24. The highest BCUT2D eigenvalue weighted by molar-refractivity contribution is 6.30. The Hall–Kier alpha value is -1.12. The van der Waals surface area contributed by atoms with E-state index in [9.17, 15) is 0 Å². The van der Waals surface area contributed by atoms with Crippen LogP contribution >= 0.6 is 11.6 Å². The first-order chi connectivity index (χ1) is 8.34. The molecule has 0 bridgehead atoms. The molecule has 0 spiro atoms. The van der Waals surface area contributed by atoms with Gasteiger partial charge < -0.3 is 5.32 Å². The molecule has 1 aromatic carbocycles. The van der Waals surface area contributed by atoms with Crippen LogP contribution in [0.3, 0.4) is 0 Å². The van der Waals surface area contributed by atoms with Crippen LogP contribution in [-0.2, 0) is 0 Å². The zero-order valence-corrected chi connectivity index (χ0v) is 10.4. The van der Waals surface area contributed by atoms with Crippen LogP contribution in [0.5, 0.6) is 0 Å². The van der Waals surface area contributed by atoms with Gasteiger partial charge in [0.15, 0.2) is 0 Å². The van der Waals surface area contributed by atoms with Crippen LogP contribution in [0.15, 0.2) is 30.3 Å². The molecule has 0 unspecified atom stereocenters. The lowest BCUT2D eigenvalue weighted by atomic mass is 9.98. The predicted molar refractivity (Wildman–Crippen MR) is 71.3 cm³/mol. The summed E-state index contributed by atoms with van der Waals surface area (Å²) < 4.78 is 0. The summed E-state index contributed by atoms with van der Waals surface area (Å²) in [5.41, 5.74) is 2.11. The molecule has 1 N–H and O–H groups in total. The highest BCUT2D eigenvalue weighted by Crippen LogP contribution is 2.30. The van der Waals surface area contributed by atoms with Crippen molar-refractivity contribution in [2.24, 2.45) is 0 Å². The monoisotopic (exact) mass is 246 g/mol. The van der Waals surface area contributed by atoms with Crippen molar-refractivity contribution in [1.82, 2.24) is 10.3 Å². The van der Waals surface area contributed by atoms with Gasteiger partial charge in [0, 0.05) is 17.0 Å². The van der Waals surface area contributed by atoms with Gasteiger partial charge in [0.1, 0.15) is 5.15 Å². The Morgan fingerprint density at radius 3 is 2.94 bits per heavy atom. The summed E-state index contributed by atoms with van der Waals surface area (Å²) in [5.74, 6) is 0. The number of piperidine rings is 1. The maximum atomic E-state index is 6.29. The maximum Gasteiger partial charge on any atom is 0.134 e. The number of nitrogens with zero attached hydrogens (tertiary/aromatic N) is 1. The molecule has 2 heterocycles. The molecule has 0 amide bonds. The van der Waals surface area contributed by atoms with Gasteiger partial charge >= 0.3 is 0 Å². The summed E-state index contributed by atoms with van der Waals surface area (Å²) in [6.45, 7) is 1.08. The second-order valence-corrected chi connectivity index (χ2v) is 4.92. The molecule has 1 aromatic heterocycles. The molecule has 17 heavy (non-hydrogen) atoms. The van der Waals surface area contributed by atoms with Gasteiger partial charge in [-0.05, 0) is 31.5 Å². The zero-order valence-electron chi connectivity index (χ0n) is 9.62. The third-order valence-corrected chi connectivity index (χ3v) is 3.69. The van der Waals surface area contributed by atoms with Crippen LogP contribution in [0.2, 0.25) is 5.15 Å². The summed E-state index contributed by atoms with van der Waals surface area (Å²) in [6.07, 6.45) is 3.68. The van der Waals surface area contributed by atoms with Gasteiger partial charge in [-0.1, -0.05) is 36.2 Å². The van der Waals surface area contributed by atoms with Crippen LogP contribution in [0.4, 0.5) is 0 Å². The number of rotatable bonds is 1. The molecular weight excluding hydrogens is 232 g/mol. The average molecular weight is 247 g/mol. The fourth-order valence-electron chi connectivity index (χ4n) is 2.47. The Bertz CT molecular complexity index is 533. The van der Waals surface area contributed by atoms with E-state index in [0.29, 0.717) is 11.2 Å². The standard InChI is InChI=1S/C14H15ClN2/c15-14-11(13-7-3-4-8-16-13)9-10-5-1-2-6-12(10)17-14/h1-2,5-6,9,13,16H,3-4,7-8H2/t13-/m1/s1. The summed E-state index contributed by atoms with van der Waals surface area (Å²) in [5, 5.41) is 5.32. The summed E-state index contributed by atoms with van der Waals surface area (Å²) in [7, 11) is 0. The molecule has 1 saturated heterocycles. The largest absolute Gasteiger partial charge is 0.310 e. The first kappa shape index (κ1) is 11.0. The highest BCUT2D eigenvalue weighted by atomic mass is 35.5. The van der Waals surface area contributed by atoms with Gasteiger partial charge in [-0.25, -0.2) is 4.98 Å². The molecule has 1 fully saturated rings. The minimum absolute atomic E-state index is 0.369. The number of nitrogens with one attached hydrogen (secondary N) is 1. The van der Waals surface area contributed by atoms with Gasteiger partial charge in [-0.15, -0.1) is 0 Å². The second kappa shape index (κ2) is 4.63. The molecule has 3 rings (SSSR count). The Morgan fingerprint density at radius 2 is 2.12 bits per heavy atom. The molecular formula is C14H15ClN2. The van der Waals surface area contributed by atoms with Crippen molar-refractivity contribution < 1.29 is 0 Å². The summed E-state index contributed by atoms with van der Waals surface area (Å²) in [6, 6.07) is 10.7. The van der Waals surface area contributed by atoms with Crippen molar-refractivity contribution in [2.45, 2.75) is 25.3 Å². The van der Waals surface area contributed by atoms with Crippen molar-refractivity contribution in [3.8, 4) is 0 Å². The molecule has 1 aliphatic heterocycles. The van der Waals surface area contributed by atoms with E-state index in [0.717, 1.165) is 24.0 Å². The van der Waals surface area contributed by atoms with Crippen LogP contribution in [-0.4, -0.2) is 11.5 Å². The van der Waals surface area contributed by atoms with Crippen molar-refractivity contribution in [3.63, 3.8) is 0 Å². The smallest absolute Gasteiger partial charge is 0.134 e. The zero-order chi connectivity index (χ0) is 11.7. The lowest BCUT2D eigenvalue weighted by Crippen LogP contribution is -2.27. The van der Waals surface area contributed by atoms with Gasteiger partial charge in [-0.2, -0.15) is 0 Å². The molecule has 1 aliphatic rings. The number of hydrogen-bond acceptors (Lipinski definition) is 2. The van der Waals surface area contributed by atoms with E-state index in [1.54, 1.807) is 0 Å². The minimum atomic E-state index is 0.369. The Labute approximate surface area is 106 Å². The molecule has 0 radical (unpaired) electrons. The van der Waals surface area contributed by atoms with E-state index in [4.69, 9.17) is 11.6 Å². The van der Waals surface area contributed by atoms with E-state index in [1.165, 1.54) is 18.2 Å². The number of benzene rings is 1. The summed E-state index contributed by atoms with van der Waals surface area (Å²) in [4.78, 5) is 4.48. The third-order valence-electron chi connectivity index (χ3n) is 3.39. The van der Waals surface area contributed by atoms with E-state index in [2.05, 4.69) is 22.4 Å². The number of hydrogen-bond donors (Lipinski definition) is 1. The maximum absolute atomic E-state index is 6.29.